The number of benzene rings is 6. The number of para-hydroxylation sites is 1. The van der Waals surface area contributed by atoms with Crippen LogP contribution in [0.2, 0.25) is 0 Å². The molecule has 41 heavy (non-hydrogen) atoms. The minimum atomic E-state index is -0.629. The van der Waals surface area contributed by atoms with Gasteiger partial charge in [0.05, 0.1) is 11.4 Å². The molecule has 0 amide bonds. The maximum Gasteiger partial charge on any atom is 0.147 e. The van der Waals surface area contributed by atoms with Crippen LogP contribution in [0, 0.1) is 11.6 Å². The highest BCUT2D eigenvalue weighted by molar-refractivity contribution is 5.98. The maximum absolute atomic E-state index is 16.2. The van der Waals surface area contributed by atoms with Crippen molar-refractivity contribution in [3.8, 4) is 33.4 Å². The first-order valence-corrected chi connectivity index (χ1v) is 13.8. The van der Waals surface area contributed by atoms with Gasteiger partial charge in [0, 0.05) is 11.1 Å². The highest BCUT2D eigenvalue weighted by Gasteiger charge is 2.32. The van der Waals surface area contributed by atoms with Gasteiger partial charge in [-0.25, -0.2) is 8.78 Å². The van der Waals surface area contributed by atoms with Crippen molar-refractivity contribution in [1.29, 1.82) is 0 Å². The van der Waals surface area contributed by atoms with Crippen LogP contribution in [0.25, 0.3) is 44.2 Å². The van der Waals surface area contributed by atoms with Crippen LogP contribution < -0.4 is 4.90 Å². The Morgan fingerprint density at radius 1 is 0.488 bits per heavy atom. The number of rotatable bonds is 5. The molecule has 3 heteroatoms. The fourth-order valence-corrected chi connectivity index (χ4v) is 5.68. The molecule has 0 heterocycles. The maximum atomic E-state index is 16.2. The molecular weight excluding hydrogens is 508 g/mol. The van der Waals surface area contributed by atoms with E-state index in [2.05, 4.69) is 48.5 Å². The summed E-state index contributed by atoms with van der Waals surface area (Å²) in [5.41, 5.74) is 5.68. The summed E-state index contributed by atoms with van der Waals surface area (Å²) in [6.45, 7) is 5.92. The minimum absolute atomic E-state index is 0.331. The average molecular weight is 540 g/mol. The Kier molecular flexibility index (Phi) is 6.88. The zero-order valence-corrected chi connectivity index (χ0v) is 23.4. The molecule has 0 saturated carbocycles. The van der Waals surface area contributed by atoms with Gasteiger partial charge in [0.25, 0.3) is 0 Å². The lowest BCUT2D eigenvalue weighted by Crippen LogP contribution is -2.39. The monoisotopic (exact) mass is 539 g/mol. The molecule has 6 aromatic carbocycles. The number of hydrogen-bond donors (Lipinski definition) is 0. The first-order valence-electron chi connectivity index (χ1n) is 13.8. The largest absolute Gasteiger partial charge is 0.331 e. The molecule has 0 spiro atoms. The number of halogens is 2. The molecule has 6 aromatic rings. The van der Waals surface area contributed by atoms with Crippen LogP contribution in [0.5, 0.6) is 0 Å². The van der Waals surface area contributed by atoms with E-state index < -0.39 is 17.2 Å². The lowest BCUT2D eigenvalue weighted by molar-refractivity contribution is 0.527. The molecule has 0 aliphatic heterocycles. The van der Waals surface area contributed by atoms with E-state index >= 15 is 8.78 Å². The Bertz CT molecular complexity index is 1830. The van der Waals surface area contributed by atoms with Crippen molar-refractivity contribution >= 4 is 22.1 Å². The SMILES string of the molecule is CC(C)(C)N(c1ccccc1F)c1c(F)ccc(-c2ccccc2)c1-c1ccc(-c2cccc3ccccc23)cc1. The molecule has 0 saturated heterocycles. The Balaban J connectivity index is 1.61. The summed E-state index contributed by atoms with van der Waals surface area (Å²) in [6.07, 6.45) is 0. The summed E-state index contributed by atoms with van der Waals surface area (Å²) < 4.78 is 31.5. The Morgan fingerprint density at radius 3 is 1.83 bits per heavy atom. The number of hydrogen-bond acceptors (Lipinski definition) is 1. The van der Waals surface area contributed by atoms with Crippen molar-refractivity contribution in [1.82, 2.24) is 0 Å². The topological polar surface area (TPSA) is 3.24 Å². The van der Waals surface area contributed by atoms with E-state index in [1.165, 1.54) is 22.9 Å². The van der Waals surface area contributed by atoms with Gasteiger partial charge in [0.15, 0.2) is 0 Å². The van der Waals surface area contributed by atoms with Gasteiger partial charge in [-0.1, -0.05) is 115 Å². The van der Waals surface area contributed by atoms with Gasteiger partial charge in [-0.3, -0.25) is 0 Å². The Hall–Kier alpha value is -4.76. The summed E-state index contributed by atoms with van der Waals surface area (Å²) in [7, 11) is 0. The lowest BCUT2D eigenvalue weighted by atomic mass is 9.89. The van der Waals surface area contributed by atoms with E-state index in [1.807, 2.05) is 75.4 Å². The first-order chi connectivity index (χ1) is 19.8. The standard InChI is InChI=1S/C38H31F2N/c1-38(2,3)41(35-19-10-9-18-33(35)39)37-34(40)25-24-32(27-12-5-4-6-13-27)36(37)29-22-20-28(21-23-29)31-17-11-15-26-14-7-8-16-30(26)31/h4-25H,1-3H3. The van der Waals surface area contributed by atoms with E-state index in [9.17, 15) is 0 Å². The molecule has 0 aliphatic carbocycles. The van der Waals surface area contributed by atoms with Crippen LogP contribution in [-0.2, 0) is 0 Å². The number of nitrogens with zero attached hydrogens (tertiary/aromatic N) is 1. The van der Waals surface area contributed by atoms with E-state index in [0.29, 0.717) is 11.4 Å². The molecule has 0 fully saturated rings. The summed E-state index contributed by atoms with van der Waals surface area (Å²) in [4.78, 5) is 1.79. The quantitative estimate of drug-likeness (QED) is 0.211. The van der Waals surface area contributed by atoms with Crippen molar-refractivity contribution in [3.63, 3.8) is 0 Å². The van der Waals surface area contributed by atoms with Crippen LogP contribution in [0.15, 0.2) is 133 Å². The van der Waals surface area contributed by atoms with Gasteiger partial charge in [-0.15, -0.1) is 0 Å². The molecule has 0 bridgehead atoms. The molecule has 0 N–H and O–H groups in total. The Morgan fingerprint density at radius 2 is 1.10 bits per heavy atom. The van der Waals surface area contributed by atoms with Crippen LogP contribution in [0.4, 0.5) is 20.2 Å². The molecule has 0 unspecified atom stereocenters. The van der Waals surface area contributed by atoms with Crippen LogP contribution in [0.3, 0.4) is 0 Å². The van der Waals surface area contributed by atoms with Crippen LogP contribution >= 0.6 is 0 Å². The molecule has 6 rings (SSSR count). The second-order valence-electron chi connectivity index (χ2n) is 11.2. The lowest BCUT2D eigenvalue weighted by Gasteiger charge is -2.40. The first kappa shape index (κ1) is 26.5. The van der Waals surface area contributed by atoms with E-state index in [-0.39, 0.29) is 0 Å². The summed E-state index contributed by atoms with van der Waals surface area (Å²) in [6, 6.07) is 42.8. The third-order valence-electron chi connectivity index (χ3n) is 7.48. The van der Waals surface area contributed by atoms with Crippen molar-refractivity contribution < 1.29 is 8.78 Å². The zero-order chi connectivity index (χ0) is 28.6. The van der Waals surface area contributed by atoms with Gasteiger partial charge in [-0.05, 0) is 77.6 Å². The highest BCUT2D eigenvalue weighted by atomic mass is 19.1. The van der Waals surface area contributed by atoms with Gasteiger partial charge in [0.1, 0.15) is 11.6 Å². The fraction of sp³-hybridized carbons (Fsp3) is 0.105. The average Bonchev–Trinajstić information content (AvgIpc) is 2.98. The zero-order valence-electron chi connectivity index (χ0n) is 23.4. The van der Waals surface area contributed by atoms with Crippen LogP contribution in [-0.4, -0.2) is 5.54 Å². The summed E-state index contributed by atoms with van der Waals surface area (Å²) >= 11 is 0. The smallest absolute Gasteiger partial charge is 0.147 e. The molecular formula is C38H31F2N. The fourth-order valence-electron chi connectivity index (χ4n) is 5.68. The van der Waals surface area contributed by atoms with E-state index in [4.69, 9.17) is 0 Å². The number of fused-ring (bicyclic) bond motifs is 1. The van der Waals surface area contributed by atoms with Gasteiger partial charge in [-0.2, -0.15) is 0 Å². The molecule has 202 valence electrons. The molecule has 0 atom stereocenters. The predicted molar refractivity (Wildman–Crippen MR) is 169 cm³/mol. The van der Waals surface area contributed by atoms with Crippen molar-refractivity contribution in [2.45, 2.75) is 26.3 Å². The second kappa shape index (κ2) is 10.7. The summed E-state index contributed by atoms with van der Waals surface area (Å²) in [5.74, 6) is -0.805. The summed E-state index contributed by atoms with van der Waals surface area (Å²) in [5, 5.41) is 2.36. The van der Waals surface area contributed by atoms with Gasteiger partial charge < -0.3 is 4.90 Å². The Labute approximate surface area is 240 Å². The van der Waals surface area contributed by atoms with Crippen LogP contribution in [0.1, 0.15) is 20.8 Å². The van der Waals surface area contributed by atoms with Gasteiger partial charge in [0.2, 0.25) is 0 Å². The third-order valence-corrected chi connectivity index (χ3v) is 7.48. The van der Waals surface area contributed by atoms with E-state index in [1.54, 1.807) is 23.1 Å². The number of anilines is 2. The minimum Gasteiger partial charge on any atom is -0.331 e. The third kappa shape index (κ3) is 5.00. The molecule has 0 aliphatic rings. The van der Waals surface area contributed by atoms with Crippen molar-refractivity contribution in [2.75, 3.05) is 4.90 Å². The normalized spacial score (nSPS) is 11.5. The predicted octanol–water partition coefficient (Wildman–Crippen LogP) is 11.1. The highest BCUT2D eigenvalue weighted by Crippen LogP contribution is 2.47. The van der Waals surface area contributed by atoms with E-state index in [0.717, 1.165) is 33.4 Å². The molecule has 1 nitrogen and oxygen atoms in total. The van der Waals surface area contributed by atoms with Crippen molar-refractivity contribution in [2.24, 2.45) is 0 Å². The van der Waals surface area contributed by atoms with Crippen molar-refractivity contribution in [3.05, 3.63) is 145 Å². The molecule has 0 radical (unpaired) electrons. The second-order valence-corrected chi connectivity index (χ2v) is 11.2. The molecule has 0 aromatic heterocycles. The van der Waals surface area contributed by atoms with Gasteiger partial charge >= 0.3 is 0 Å².